The normalized spacial score (nSPS) is 16.0. The number of pyridine rings is 1. The molecule has 3 nitrogen and oxygen atoms in total. The van der Waals surface area contributed by atoms with Crippen LogP contribution in [0.15, 0.2) is 55.2 Å². The van der Waals surface area contributed by atoms with E-state index < -0.39 is 40.7 Å². The maximum Gasteiger partial charge on any atom is 0.419 e. The molecule has 0 bridgehead atoms. The van der Waals surface area contributed by atoms with E-state index in [-0.39, 0.29) is 36.6 Å². The van der Waals surface area contributed by atoms with E-state index in [1.54, 1.807) is 12.1 Å². The zero-order chi connectivity index (χ0) is 24.6. The second-order valence-corrected chi connectivity index (χ2v) is 8.06. The van der Waals surface area contributed by atoms with Crippen LogP contribution < -0.4 is 10.1 Å². The molecule has 0 aliphatic carbocycles. The van der Waals surface area contributed by atoms with Gasteiger partial charge in [-0.2, -0.15) is 13.2 Å². The fraction of sp³-hybridized carbons (Fsp3) is 0.240. The molecule has 0 fully saturated rings. The number of hydrogen-bond donors (Lipinski definition) is 1. The summed E-state index contributed by atoms with van der Waals surface area (Å²) in [6.07, 6.45) is -3.58. The maximum absolute atomic E-state index is 14.8. The van der Waals surface area contributed by atoms with Crippen molar-refractivity contribution in [1.29, 1.82) is 0 Å². The minimum absolute atomic E-state index is 0.143. The number of benzene rings is 2. The predicted molar refractivity (Wildman–Crippen MR) is 115 cm³/mol. The van der Waals surface area contributed by atoms with Gasteiger partial charge in [-0.3, -0.25) is 0 Å². The molecular formula is C25H20F6N2O. The van der Waals surface area contributed by atoms with E-state index in [9.17, 15) is 26.3 Å². The number of halogens is 6. The van der Waals surface area contributed by atoms with E-state index >= 15 is 0 Å². The van der Waals surface area contributed by atoms with Crippen LogP contribution in [-0.4, -0.2) is 18.1 Å². The van der Waals surface area contributed by atoms with Crippen LogP contribution >= 0.6 is 0 Å². The molecule has 2 aromatic carbocycles. The molecule has 3 aromatic rings. The summed E-state index contributed by atoms with van der Waals surface area (Å²) < 4.78 is 88.4. The monoisotopic (exact) mass is 478 g/mol. The second kappa shape index (κ2) is 9.04. The van der Waals surface area contributed by atoms with Crippen LogP contribution in [0.5, 0.6) is 5.75 Å². The molecule has 2 unspecified atom stereocenters. The van der Waals surface area contributed by atoms with Crippen LogP contribution in [0.4, 0.5) is 26.3 Å². The Morgan fingerprint density at radius 3 is 2.59 bits per heavy atom. The molecule has 178 valence electrons. The number of nitrogens with zero attached hydrogens (tertiary/aromatic N) is 1. The molecule has 4 rings (SSSR count). The fourth-order valence-corrected chi connectivity index (χ4v) is 4.02. The van der Waals surface area contributed by atoms with Crippen LogP contribution in [0.3, 0.4) is 0 Å². The van der Waals surface area contributed by atoms with Crippen LogP contribution in [0.25, 0.3) is 11.3 Å². The summed E-state index contributed by atoms with van der Waals surface area (Å²) in [6.45, 7) is 5.92. The van der Waals surface area contributed by atoms with Crippen molar-refractivity contribution in [1.82, 2.24) is 10.3 Å². The SMILES string of the molecule is C=CNCC(c1cccc(F)c1)c1cc2c(c(-c3cc(C(F)(F)F)c(F)cc3F)n1)OCC2C. The molecule has 1 aliphatic rings. The van der Waals surface area contributed by atoms with Gasteiger partial charge in [0, 0.05) is 35.6 Å². The molecule has 2 atom stereocenters. The van der Waals surface area contributed by atoms with Gasteiger partial charge in [-0.25, -0.2) is 18.2 Å². The van der Waals surface area contributed by atoms with Crippen LogP contribution in [0.2, 0.25) is 0 Å². The van der Waals surface area contributed by atoms with Gasteiger partial charge < -0.3 is 10.1 Å². The van der Waals surface area contributed by atoms with Gasteiger partial charge in [0.25, 0.3) is 0 Å². The highest BCUT2D eigenvalue weighted by Crippen LogP contribution is 2.44. The summed E-state index contributed by atoms with van der Waals surface area (Å²) in [5.74, 6) is -3.95. The van der Waals surface area contributed by atoms with Crippen molar-refractivity contribution in [2.75, 3.05) is 13.2 Å². The average Bonchev–Trinajstić information content (AvgIpc) is 3.14. The van der Waals surface area contributed by atoms with E-state index in [2.05, 4.69) is 16.9 Å². The number of ether oxygens (including phenoxy) is 1. The first-order valence-electron chi connectivity index (χ1n) is 10.4. The molecule has 0 amide bonds. The smallest absolute Gasteiger partial charge is 0.419 e. The van der Waals surface area contributed by atoms with Crippen molar-refractivity contribution in [3.63, 3.8) is 0 Å². The number of alkyl halides is 3. The summed E-state index contributed by atoms with van der Waals surface area (Å²) in [7, 11) is 0. The third-order valence-electron chi connectivity index (χ3n) is 5.72. The molecule has 1 N–H and O–H groups in total. The minimum atomic E-state index is -5.03. The Hall–Kier alpha value is -3.49. The van der Waals surface area contributed by atoms with Crippen molar-refractivity contribution in [3.05, 3.63) is 95.1 Å². The van der Waals surface area contributed by atoms with E-state index in [1.165, 1.54) is 24.4 Å². The molecule has 9 heteroatoms. The van der Waals surface area contributed by atoms with Gasteiger partial charge in [-0.15, -0.1) is 0 Å². The Labute approximate surface area is 192 Å². The van der Waals surface area contributed by atoms with Gasteiger partial charge in [0.2, 0.25) is 0 Å². The number of nitrogens with one attached hydrogen (secondary N) is 1. The number of hydrogen-bond acceptors (Lipinski definition) is 3. The quantitative estimate of drug-likeness (QED) is 0.408. The van der Waals surface area contributed by atoms with E-state index in [1.807, 2.05) is 6.92 Å². The topological polar surface area (TPSA) is 34.2 Å². The fourth-order valence-electron chi connectivity index (χ4n) is 4.02. The second-order valence-electron chi connectivity index (χ2n) is 8.06. The average molecular weight is 478 g/mol. The van der Waals surface area contributed by atoms with Crippen LogP contribution in [0, 0.1) is 17.5 Å². The first-order valence-corrected chi connectivity index (χ1v) is 10.4. The maximum atomic E-state index is 14.8. The molecular weight excluding hydrogens is 458 g/mol. The summed E-state index contributed by atoms with van der Waals surface area (Å²) >= 11 is 0. The summed E-state index contributed by atoms with van der Waals surface area (Å²) in [5.41, 5.74) is -0.767. The molecule has 0 spiro atoms. The van der Waals surface area contributed by atoms with Crippen LogP contribution in [0.1, 0.15) is 41.1 Å². The lowest BCUT2D eigenvalue weighted by molar-refractivity contribution is -0.140. The lowest BCUT2D eigenvalue weighted by Crippen LogP contribution is -2.19. The summed E-state index contributed by atoms with van der Waals surface area (Å²) in [6, 6.07) is 8.15. The van der Waals surface area contributed by atoms with Crippen molar-refractivity contribution in [3.8, 4) is 17.0 Å². The van der Waals surface area contributed by atoms with Gasteiger partial charge in [0.05, 0.1) is 17.9 Å². The molecule has 2 heterocycles. The molecule has 0 saturated heterocycles. The lowest BCUT2D eigenvalue weighted by atomic mass is 9.91. The molecule has 34 heavy (non-hydrogen) atoms. The van der Waals surface area contributed by atoms with E-state index in [0.717, 1.165) is 0 Å². The Kier molecular flexibility index (Phi) is 6.29. The third-order valence-corrected chi connectivity index (χ3v) is 5.72. The Morgan fingerprint density at radius 2 is 1.91 bits per heavy atom. The Bertz CT molecular complexity index is 1240. The van der Waals surface area contributed by atoms with Crippen molar-refractivity contribution in [2.45, 2.75) is 24.9 Å². The Morgan fingerprint density at radius 1 is 1.15 bits per heavy atom. The molecule has 0 radical (unpaired) electrons. The molecule has 1 aromatic heterocycles. The highest BCUT2D eigenvalue weighted by atomic mass is 19.4. The Balaban J connectivity index is 1.95. The predicted octanol–water partition coefficient (Wildman–Crippen LogP) is 6.55. The van der Waals surface area contributed by atoms with Crippen molar-refractivity contribution < 1.29 is 31.1 Å². The van der Waals surface area contributed by atoms with Gasteiger partial charge >= 0.3 is 6.18 Å². The number of rotatable bonds is 6. The molecule has 0 saturated carbocycles. The van der Waals surface area contributed by atoms with E-state index in [4.69, 9.17) is 4.74 Å². The van der Waals surface area contributed by atoms with Gasteiger partial charge in [-0.1, -0.05) is 25.6 Å². The van der Waals surface area contributed by atoms with E-state index in [0.29, 0.717) is 22.9 Å². The summed E-state index contributed by atoms with van der Waals surface area (Å²) in [4.78, 5) is 4.47. The van der Waals surface area contributed by atoms with Gasteiger partial charge in [0.1, 0.15) is 28.9 Å². The lowest BCUT2D eigenvalue weighted by Gasteiger charge is -2.20. The zero-order valence-corrected chi connectivity index (χ0v) is 18.0. The third kappa shape index (κ3) is 4.47. The van der Waals surface area contributed by atoms with Gasteiger partial charge in [-0.05, 0) is 36.0 Å². The highest BCUT2D eigenvalue weighted by Gasteiger charge is 2.37. The largest absolute Gasteiger partial charge is 0.490 e. The van der Waals surface area contributed by atoms with Crippen molar-refractivity contribution >= 4 is 0 Å². The van der Waals surface area contributed by atoms with Crippen LogP contribution in [-0.2, 0) is 6.18 Å². The number of fused-ring (bicyclic) bond motifs is 1. The van der Waals surface area contributed by atoms with Gasteiger partial charge in [0.15, 0.2) is 0 Å². The first-order chi connectivity index (χ1) is 16.1. The molecule has 1 aliphatic heterocycles. The zero-order valence-electron chi connectivity index (χ0n) is 18.0. The number of aromatic nitrogens is 1. The minimum Gasteiger partial charge on any atom is -0.490 e. The van der Waals surface area contributed by atoms with Crippen molar-refractivity contribution in [2.24, 2.45) is 0 Å². The highest BCUT2D eigenvalue weighted by molar-refractivity contribution is 5.71. The summed E-state index contributed by atoms with van der Waals surface area (Å²) in [5, 5.41) is 2.95. The first kappa shape index (κ1) is 23.7. The standard InChI is InChI=1S/C25H20F6N2O/c1-3-32-11-18(14-5-4-6-15(26)7-14)22-9-16-13(2)12-34-24(16)23(33-22)17-8-19(25(29,30)31)21(28)10-20(17)27/h3-10,13,18,32H,1,11-12H2,2H3.